The van der Waals surface area contributed by atoms with Crippen LogP contribution in [0.5, 0.6) is 5.75 Å². The van der Waals surface area contributed by atoms with Gasteiger partial charge in [-0.05, 0) is 24.6 Å². The summed E-state index contributed by atoms with van der Waals surface area (Å²) in [5.74, 6) is 0.743. The third kappa shape index (κ3) is 3.53. The second kappa shape index (κ2) is 7.72. The number of hydrogen-bond donors (Lipinski definition) is 1. The topological polar surface area (TPSA) is 64.8 Å². The zero-order valence-electron chi connectivity index (χ0n) is 15.2. The summed E-state index contributed by atoms with van der Waals surface area (Å²) >= 11 is 0. The van der Waals surface area contributed by atoms with Crippen molar-refractivity contribution in [2.75, 3.05) is 20.8 Å². The van der Waals surface area contributed by atoms with Crippen LogP contribution in [0.15, 0.2) is 24.3 Å². The first-order valence-corrected chi connectivity index (χ1v) is 8.05. The Hall–Kier alpha value is -1.30. The van der Waals surface area contributed by atoms with Crippen LogP contribution in [0.2, 0.25) is 0 Å². The number of methoxy groups -OCH3 is 1. The number of rotatable bonds is 6. The van der Waals surface area contributed by atoms with Crippen LogP contribution in [0.4, 0.5) is 0 Å². The molecule has 1 aliphatic carbocycles. The van der Waals surface area contributed by atoms with E-state index in [1.54, 1.807) is 19.1 Å². The van der Waals surface area contributed by atoms with E-state index in [-0.39, 0.29) is 29.8 Å². The molecule has 0 saturated heterocycles. The first-order chi connectivity index (χ1) is 10.8. The van der Waals surface area contributed by atoms with Crippen LogP contribution in [0.25, 0.3) is 0 Å². The van der Waals surface area contributed by atoms with E-state index < -0.39 is 5.54 Å². The number of carbonyl (C=O) groups excluding carboxylic acids is 1. The number of carbonyl (C=O) groups is 1. The van der Waals surface area contributed by atoms with Crippen molar-refractivity contribution in [2.24, 2.45) is 11.1 Å². The number of nitrogens with zero attached hydrogens (tertiary/aromatic N) is 1. The molecule has 1 saturated carbocycles. The Morgan fingerprint density at radius 1 is 1.42 bits per heavy atom. The molecular weight excluding hydrogens is 328 g/mol. The maximum absolute atomic E-state index is 12.9. The number of amides is 1. The lowest BCUT2D eigenvalue weighted by Gasteiger charge is -2.58. The molecule has 0 aliphatic heterocycles. The minimum atomic E-state index is -0.875. The highest BCUT2D eigenvalue weighted by atomic mass is 35.5. The normalized spacial score (nSPS) is 24.5. The van der Waals surface area contributed by atoms with Gasteiger partial charge in [0.1, 0.15) is 11.3 Å². The third-order valence-electron chi connectivity index (χ3n) is 5.11. The Morgan fingerprint density at radius 3 is 2.62 bits per heavy atom. The van der Waals surface area contributed by atoms with Crippen molar-refractivity contribution >= 4 is 18.3 Å². The highest BCUT2D eigenvalue weighted by Gasteiger charge is 2.63. The van der Waals surface area contributed by atoms with Crippen molar-refractivity contribution in [2.45, 2.75) is 45.4 Å². The van der Waals surface area contributed by atoms with Crippen LogP contribution in [0.3, 0.4) is 0 Å². The Bertz CT molecular complexity index is 579. The summed E-state index contributed by atoms with van der Waals surface area (Å²) in [6.07, 6.45) is 0.599. The molecule has 0 spiro atoms. The Balaban J connectivity index is 0.00000288. The van der Waals surface area contributed by atoms with Crippen molar-refractivity contribution in [3.05, 3.63) is 29.8 Å². The minimum absolute atomic E-state index is 0. The zero-order valence-corrected chi connectivity index (χ0v) is 16.0. The number of nitrogens with two attached hydrogens (primary N) is 1. The minimum Gasteiger partial charge on any atom is -0.497 e. The fraction of sp³-hybridized carbons (Fsp3) is 0.611. The lowest BCUT2D eigenvalue weighted by atomic mass is 9.54. The van der Waals surface area contributed by atoms with Gasteiger partial charge >= 0.3 is 0 Å². The monoisotopic (exact) mass is 356 g/mol. The highest BCUT2D eigenvalue weighted by molar-refractivity contribution is 5.88. The molecule has 24 heavy (non-hydrogen) atoms. The largest absolute Gasteiger partial charge is 0.497 e. The second-order valence-corrected chi connectivity index (χ2v) is 6.85. The molecule has 2 rings (SSSR count). The number of ether oxygens (including phenoxy) is 2. The molecule has 2 N–H and O–H groups in total. The second-order valence-electron chi connectivity index (χ2n) is 6.85. The lowest BCUT2D eigenvalue weighted by Crippen LogP contribution is -2.75. The molecule has 1 fully saturated rings. The van der Waals surface area contributed by atoms with E-state index in [9.17, 15) is 4.79 Å². The van der Waals surface area contributed by atoms with Crippen LogP contribution in [-0.2, 0) is 16.1 Å². The molecular formula is C18H29ClN2O3. The van der Waals surface area contributed by atoms with Gasteiger partial charge in [0, 0.05) is 32.0 Å². The average Bonchev–Trinajstić information content (AvgIpc) is 2.53. The summed E-state index contributed by atoms with van der Waals surface area (Å²) in [7, 11) is 3.42. The van der Waals surface area contributed by atoms with E-state index in [2.05, 4.69) is 0 Å². The number of hydrogen-bond acceptors (Lipinski definition) is 4. The van der Waals surface area contributed by atoms with Gasteiger partial charge in [0.2, 0.25) is 5.91 Å². The highest BCUT2D eigenvalue weighted by Crippen LogP contribution is 2.50. The van der Waals surface area contributed by atoms with E-state index in [0.717, 1.165) is 11.3 Å². The Labute approximate surface area is 150 Å². The van der Waals surface area contributed by atoms with Crippen molar-refractivity contribution in [3.63, 3.8) is 0 Å². The van der Waals surface area contributed by atoms with Crippen molar-refractivity contribution < 1.29 is 14.3 Å². The quantitative estimate of drug-likeness (QED) is 0.850. The van der Waals surface area contributed by atoms with Crippen LogP contribution < -0.4 is 10.5 Å². The first-order valence-electron chi connectivity index (χ1n) is 8.05. The predicted octanol–water partition coefficient (Wildman–Crippen LogP) is 2.61. The number of benzene rings is 1. The fourth-order valence-electron chi connectivity index (χ4n) is 3.26. The predicted molar refractivity (Wildman–Crippen MR) is 97.4 cm³/mol. The van der Waals surface area contributed by atoms with E-state index in [0.29, 0.717) is 19.6 Å². The molecule has 0 heterocycles. The van der Waals surface area contributed by atoms with Gasteiger partial charge < -0.3 is 20.1 Å². The molecule has 1 aromatic carbocycles. The molecule has 1 aromatic rings. The van der Waals surface area contributed by atoms with Crippen LogP contribution >= 0.6 is 12.4 Å². The maximum atomic E-state index is 12.9. The number of likely N-dealkylation sites (N-methyl/N-ethyl adjacent to an activating group) is 1. The van der Waals surface area contributed by atoms with Crippen LogP contribution in [0, 0.1) is 5.41 Å². The van der Waals surface area contributed by atoms with E-state index in [1.807, 2.05) is 45.0 Å². The van der Waals surface area contributed by atoms with Gasteiger partial charge in [-0.15, -0.1) is 12.4 Å². The summed E-state index contributed by atoms with van der Waals surface area (Å²) in [4.78, 5) is 14.6. The third-order valence-corrected chi connectivity index (χ3v) is 5.11. The molecule has 6 heteroatoms. The fourth-order valence-corrected chi connectivity index (χ4v) is 3.26. The van der Waals surface area contributed by atoms with Gasteiger partial charge in [0.15, 0.2) is 0 Å². The van der Waals surface area contributed by atoms with Crippen LogP contribution in [-0.4, -0.2) is 43.2 Å². The molecule has 136 valence electrons. The lowest BCUT2D eigenvalue weighted by molar-refractivity contribution is -0.178. The molecule has 1 aliphatic rings. The molecule has 1 amide bonds. The van der Waals surface area contributed by atoms with E-state index in [4.69, 9.17) is 15.2 Å². The number of halogens is 1. The van der Waals surface area contributed by atoms with Gasteiger partial charge in [-0.2, -0.15) is 0 Å². The molecule has 0 bridgehead atoms. The van der Waals surface area contributed by atoms with Gasteiger partial charge in [-0.3, -0.25) is 4.79 Å². The maximum Gasteiger partial charge on any atom is 0.243 e. The van der Waals surface area contributed by atoms with E-state index >= 15 is 0 Å². The van der Waals surface area contributed by atoms with Gasteiger partial charge in [-0.25, -0.2) is 0 Å². The van der Waals surface area contributed by atoms with Crippen LogP contribution in [0.1, 0.15) is 32.8 Å². The standard InChI is InChI=1S/C18H28N2O3.ClH/c1-6-23-15-11-18(19,17(15,2)3)16(21)20(4)12-13-8-7-9-14(10-13)22-5;/h7-10,15H,6,11-12,19H2,1-5H3;1H. The van der Waals surface area contributed by atoms with E-state index in [1.165, 1.54) is 0 Å². The molecule has 2 unspecified atom stereocenters. The molecule has 5 nitrogen and oxygen atoms in total. The molecule has 0 radical (unpaired) electrons. The first kappa shape index (κ1) is 20.7. The summed E-state index contributed by atoms with van der Waals surface area (Å²) in [6.45, 7) is 7.12. The summed E-state index contributed by atoms with van der Waals surface area (Å²) in [6, 6.07) is 7.72. The van der Waals surface area contributed by atoms with Gasteiger partial charge in [0.25, 0.3) is 0 Å². The molecule has 2 atom stereocenters. The van der Waals surface area contributed by atoms with Crippen molar-refractivity contribution in [1.82, 2.24) is 4.90 Å². The molecule has 0 aromatic heterocycles. The van der Waals surface area contributed by atoms with Crippen molar-refractivity contribution in [1.29, 1.82) is 0 Å². The SMILES string of the molecule is CCOC1CC(N)(C(=O)N(C)Cc2cccc(OC)c2)C1(C)C.Cl. The smallest absolute Gasteiger partial charge is 0.243 e. The summed E-state index contributed by atoms with van der Waals surface area (Å²) < 4.78 is 10.9. The Morgan fingerprint density at radius 2 is 2.08 bits per heavy atom. The average molecular weight is 357 g/mol. The Kier molecular flexibility index (Phi) is 6.67. The zero-order chi connectivity index (χ0) is 17.3. The summed E-state index contributed by atoms with van der Waals surface area (Å²) in [5, 5.41) is 0. The van der Waals surface area contributed by atoms with Gasteiger partial charge in [0.05, 0.1) is 13.2 Å². The summed E-state index contributed by atoms with van der Waals surface area (Å²) in [5.41, 5.74) is 6.23. The van der Waals surface area contributed by atoms with Gasteiger partial charge in [-0.1, -0.05) is 26.0 Å². The van der Waals surface area contributed by atoms with Crippen molar-refractivity contribution in [3.8, 4) is 5.75 Å².